The molecule has 3 rings (SSSR count). The van der Waals surface area contributed by atoms with Gasteiger partial charge in [-0.15, -0.1) is 0 Å². The van der Waals surface area contributed by atoms with Crippen molar-refractivity contribution in [2.45, 2.75) is 13.0 Å². The molecule has 2 aromatic heterocycles. The van der Waals surface area contributed by atoms with Crippen LogP contribution in [0.2, 0.25) is 0 Å². The van der Waals surface area contributed by atoms with Crippen LogP contribution in [-0.2, 0) is 4.74 Å². The number of morpholine rings is 1. The van der Waals surface area contributed by atoms with Gasteiger partial charge in [0.25, 0.3) is 5.91 Å². The van der Waals surface area contributed by atoms with Crippen LogP contribution >= 0.6 is 0 Å². The maximum absolute atomic E-state index is 12.6. The molecule has 1 aliphatic heterocycles. The van der Waals surface area contributed by atoms with E-state index in [0.717, 1.165) is 11.3 Å². The molecular formula is C17H19N3O3. The topological polar surface area (TPSA) is 64.5 Å². The molecule has 0 bridgehead atoms. The lowest BCUT2D eigenvalue weighted by molar-refractivity contribution is -0.0228. The molecule has 1 atom stereocenters. The molecule has 1 aliphatic rings. The number of hydrogen-bond acceptors (Lipinski definition) is 5. The number of methoxy groups -OCH3 is 1. The number of hydrogen-bond donors (Lipinski definition) is 0. The summed E-state index contributed by atoms with van der Waals surface area (Å²) in [5, 5.41) is 0. The van der Waals surface area contributed by atoms with Crippen LogP contribution < -0.4 is 4.74 Å². The first-order valence-corrected chi connectivity index (χ1v) is 7.51. The highest BCUT2D eigenvalue weighted by Gasteiger charge is 2.26. The molecule has 120 valence electrons. The number of aryl methyl sites for hydroxylation is 1. The molecule has 0 radical (unpaired) electrons. The SMILES string of the molecule is COc1ccc(C(=O)N2CCOC(c3ccnc(C)c3)C2)cn1. The van der Waals surface area contributed by atoms with E-state index in [-0.39, 0.29) is 12.0 Å². The number of pyridine rings is 2. The van der Waals surface area contributed by atoms with Crippen LogP contribution in [-0.4, -0.2) is 47.6 Å². The third-order valence-corrected chi connectivity index (χ3v) is 3.84. The molecule has 6 heteroatoms. The molecule has 3 heterocycles. The Balaban J connectivity index is 1.73. The predicted molar refractivity (Wildman–Crippen MR) is 84.4 cm³/mol. The number of amides is 1. The summed E-state index contributed by atoms with van der Waals surface area (Å²) in [7, 11) is 1.55. The van der Waals surface area contributed by atoms with Crippen molar-refractivity contribution >= 4 is 5.91 Å². The number of carbonyl (C=O) groups is 1. The molecule has 0 saturated carbocycles. The molecule has 0 aromatic carbocycles. The van der Waals surface area contributed by atoms with Crippen molar-refractivity contribution in [1.29, 1.82) is 0 Å². The van der Waals surface area contributed by atoms with Gasteiger partial charge in [-0.2, -0.15) is 0 Å². The van der Waals surface area contributed by atoms with E-state index in [9.17, 15) is 4.79 Å². The van der Waals surface area contributed by atoms with Gasteiger partial charge in [0.2, 0.25) is 5.88 Å². The second kappa shape index (κ2) is 6.75. The summed E-state index contributed by atoms with van der Waals surface area (Å²) in [4.78, 5) is 22.7. The number of carbonyl (C=O) groups excluding carboxylic acids is 1. The minimum absolute atomic E-state index is 0.0424. The molecule has 2 aromatic rings. The van der Waals surface area contributed by atoms with Crippen LogP contribution in [0, 0.1) is 6.92 Å². The Labute approximate surface area is 135 Å². The third-order valence-electron chi connectivity index (χ3n) is 3.84. The van der Waals surface area contributed by atoms with Gasteiger partial charge in [-0.3, -0.25) is 9.78 Å². The van der Waals surface area contributed by atoms with E-state index in [4.69, 9.17) is 9.47 Å². The first-order chi connectivity index (χ1) is 11.2. The molecule has 0 spiro atoms. The van der Waals surface area contributed by atoms with Crippen LogP contribution in [0.3, 0.4) is 0 Å². The minimum atomic E-state index is -0.124. The lowest BCUT2D eigenvalue weighted by Crippen LogP contribution is -2.42. The zero-order valence-electron chi connectivity index (χ0n) is 13.2. The highest BCUT2D eigenvalue weighted by Crippen LogP contribution is 2.23. The fraction of sp³-hybridized carbons (Fsp3) is 0.353. The summed E-state index contributed by atoms with van der Waals surface area (Å²) >= 11 is 0. The highest BCUT2D eigenvalue weighted by molar-refractivity contribution is 5.94. The van der Waals surface area contributed by atoms with E-state index in [1.165, 1.54) is 0 Å². The van der Waals surface area contributed by atoms with Crippen LogP contribution in [0.5, 0.6) is 5.88 Å². The summed E-state index contributed by atoms with van der Waals surface area (Å²) in [6.45, 7) is 3.55. The quantitative estimate of drug-likeness (QED) is 0.867. The monoisotopic (exact) mass is 313 g/mol. The van der Waals surface area contributed by atoms with Gasteiger partial charge in [-0.1, -0.05) is 0 Å². The molecule has 0 aliphatic carbocycles. The van der Waals surface area contributed by atoms with Crippen LogP contribution in [0.25, 0.3) is 0 Å². The minimum Gasteiger partial charge on any atom is -0.481 e. The number of rotatable bonds is 3. The summed E-state index contributed by atoms with van der Waals surface area (Å²) in [6.07, 6.45) is 3.19. The average Bonchev–Trinajstić information content (AvgIpc) is 2.61. The van der Waals surface area contributed by atoms with Crippen molar-refractivity contribution in [1.82, 2.24) is 14.9 Å². The Hall–Kier alpha value is -2.47. The van der Waals surface area contributed by atoms with Crippen molar-refractivity contribution in [3.63, 3.8) is 0 Å². The number of aromatic nitrogens is 2. The maximum Gasteiger partial charge on any atom is 0.255 e. The smallest absolute Gasteiger partial charge is 0.255 e. The van der Waals surface area contributed by atoms with E-state index in [0.29, 0.717) is 31.1 Å². The number of ether oxygens (including phenoxy) is 2. The molecule has 1 saturated heterocycles. The third kappa shape index (κ3) is 3.48. The van der Waals surface area contributed by atoms with Crippen molar-refractivity contribution < 1.29 is 14.3 Å². The van der Waals surface area contributed by atoms with Gasteiger partial charge in [-0.05, 0) is 30.7 Å². The van der Waals surface area contributed by atoms with Gasteiger partial charge in [0.1, 0.15) is 6.10 Å². The Morgan fingerprint density at radius 1 is 1.35 bits per heavy atom. The molecule has 6 nitrogen and oxygen atoms in total. The standard InChI is InChI=1S/C17H19N3O3/c1-12-9-13(5-6-18-12)15-11-20(7-8-23-15)17(21)14-3-4-16(22-2)19-10-14/h3-6,9-10,15H,7-8,11H2,1-2H3. The summed E-state index contributed by atoms with van der Waals surface area (Å²) in [5.74, 6) is 0.452. The summed E-state index contributed by atoms with van der Waals surface area (Å²) in [6, 6.07) is 7.35. The second-order valence-corrected chi connectivity index (χ2v) is 5.43. The van der Waals surface area contributed by atoms with Crippen LogP contribution in [0.4, 0.5) is 0 Å². The van der Waals surface area contributed by atoms with Gasteiger partial charge >= 0.3 is 0 Å². The van der Waals surface area contributed by atoms with Gasteiger partial charge in [0.05, 0.1) is 25.8 Å². The van der Waals surface area contributed by atoms with Crippen molar-refractivity contribution in [3.05, 3.63) is 53.5 Å². The van der Waals surface area contributed by atoms with E-state index < -0.39 is 0 Å². The van der Waals surface area contributed by atoms with Gasteiger partial charge in [-0.25, -0.2) is 4.98 Å². The van der Waals surface area contributed by atoms with Gasteiger partial charge in [0.15, 0.2) is 0 Å². The zero-order valence-corrected chi connectivity index (χ0v) is 13.2. The molecular weight excluding hydrogens is 294 g/mol. The van der Waals surface area contributed by atoms with Crippen molar-refractivity contribution in [2.75, 3.05) is 26.8 Å². The first-order valence-electron chi connectivity index (χ1n) is 7.51. The predicted octanol–water partition coefficient (Wildman–Crippen LogP) is 2.01. The fourth-order valence-electron chi connectivity index (χ4n) is 2.61. The largest absolute Gasteiger partial charge is 0.481 e. The summed E-state index contributed by atoms with van der Waals surface area (Å²) in [5.41, 5.74) is 2.54. The Kier molecular flexibility index (Phi) is 4.52. The number of nitrogens with zero attached hydrogens (tertiary/aromatic N) is 3. The molecule has 1 unspecified atom stereocenters. The van der Waals surface area contributed by atoms with E-state index in [2.05, 4.69) is 9.97 Å². The average molecular weight is 313 g/mol. The lowest BCUT2D eigenvalue weighted by Gasteiger charge is -2.33. The molecule has 1 fully saturated rings. The van der Waals surface area contributed by atoms with Crippen LogP contribution in [0.1, 0.15) is 27.7 Å². The van der Waals surface area contributed by atoms with E-state index in [1.807, 2.05) is 19.1 Å². The van der Waals surface area contributed by atoms with Gasteiger partial charge in [0, 0.05) is 30.7 Å². The Morgan fingerprint density at radius 2 is 2.22 bits per heavy atom. The normalized spacial score (nSPS) is 17.8. The van der Waals surface area contributed by atoms with Crippen molar-refractivity contribution in [2.24, 2.45) is 0 Å². The summed E-state index contributed by atoms with van der Waals surface area (Å²) < 4.78 is 10.8. The van der Waals surface area contributed by atoms with E-state index >= 15 is 0 Å². The van der Waals surface area contributed by atoms with Crippen LogP contribution in [0.15, 0.2) is 36.7 Å². The lowest BCUT2D eigenvalue weighted by atomic mass is 10.1. The molecule has 23 heavy (non-hydrogen) atoms. The molecule has 1 amide bonds. The van der Waals surface area contributed by atoms with Crippen molar-refractivity contribution in [3.8, 4) is 5.88 Å². The maximum atomic E-state index is 12.6. The zero-order chi connectivity index (χ0) is 16.2. The Morgan fingerprint density at radius 3 is 2.91 bits per heavy atom. The first kappa shape index (κ1) is 15.4. The van der Waals surface area contributed by atoms with Gasteiger partial charge < -0.3 is 14.4 Å². The second-order valence-electron chi connectivity index (χ2n) is 5.43. The molecule has 0 N–H and O–H groups in total. The van der Waals surface area contributed by atoms with E-state index in [1.54, 1.807) is 36.5 Å². The Bertz CT molecular complexity index is 688. The fourth-order valence-corrected chi connectivity index (χ4v) is 2.61. The highest BCUT2D eigenvalue weighted by atomic mass is 16.5.